The molecule has 2 aliphatic heterocycles. The Morgan fingerprint density at radius 1 is 1.50 bits per heavy atom. The fraction of sp³-hybridized carbons (Fsp3) is 0.917. The predicted molar refractivity (Wildman–Crippen MR) is 70.1 cm³/mol. The fourth-order valence-electron chi connectivity index (χ4n) is 2.03. The maximum absolute atomic E-state index is 5.54. The van der Waals surface area contributed by atoms with Gasteiger partial charge in [-0.1, -0.05) is 25.6 Å². The number of hydrogen-bond acceptors (Lipinski definition) is 4. The number of ether oxygens (including phenoxy) is 1. The molecule has 0 amide bonds. The lowest BCUT2D eigenvalue weighted by atomic mass is 9.97. The monoisotopic (exact) mass is 242 g/mol. The lowest BCUT2D eigenvalue weighted by molar-refractivity contribution is 0.0168. The zero-order chi connectivity index (χ0) is 11.6. The van der Waals surface area contributed by atoms with Gasteiger partial charge in [0.2, 0.25) is 0 Å². The smallest absolute Gasteiger partial charge is 0.156 e. The summed E-state index contributed by atoms with van der Waals surface area (Å²) in [5, 5.41) is 4.70. The van der Waals surface area contributed by atoms with Crippen LogP contribution in [0.3, 0.4) is 0 Å². The highest BCUT2D eigenvalue weighted by atomic mass is 32.2. The molecule has 0 bridgehead atoms. The Hall–Kier alpha value is -0.220. The van der Waals surface area contributed by atoms with E-state index in [1.54, 1.807) is 0 Å². The van der Waals surface area contributed by atoms with Crippen LogP contribution in [-0.2, 0) is 4.74 Å². The van der Waals surface area contributed by atoms with Crippen molar-refractivity contribution in [1.29, 1.82) is 0 Å². The van der Waals surface area contributed by atoms with E-state index in [-0.39, 0.29) is 0 Å². The van der Waals surface area contributed by atoms with Gasteiger partial charge in [0, 0.05) is 24.9 Å². The number of nitrogens with zero attached hydrogens (tertiary/aromatic N) is 1. The van der Waals surface area contributed by atoms with Crippen molar-refractivity contribution in [3.63, 3.8) is 0 Å². The summed E-state index contributed by atoms with van der Waals surface area (Å²) in [5.74, 6) is 1.16. The number of aliphatic imine (C=N–C) groups is 1. The number of nitrogens with one attached hydrogen (secondary N) is 1. The van der Waals surface area contributed by atoms with Gasteiger partial charge < -0.3 is 10.1 Å². The molecule has 0 spiro atoms. The van der Waals surface area contributed by atoms with E-state index >= 15 is 0 Å². The molecule has 0 radical (unpaired) electrons. The molecule has 2 aliphatic rings. The van der Waals surface area contributed by atoms with Crippen LogP contribution in [0.15, 0.2) is 4.99 Å². The molecule has 0 aromatic carbocycles. The topological polar surface area (TPSA) is 33.6 Å². The van der Waals surface area contributed by atoms with E-state index in [2.05, 4.69) is 31.1 Å². The summed E-state index contributed by atoms with van der Waals surface area (Å²) in [4.78, 5) is 4.63. The van der Waals surface area contributed by atoms with Gasteiger partial charge in [0.15, 0.2) is 5.17 Å². The van der Waals surface area contributed by atoms with Crippen molar-refractivity contribution < 1.29 is 4.74 Å². The predicted octanol–water partition coefficient (Wildman–Crippen LogP) is 2.27. The first-order chi connectivity index (χ1) is 7.55. The highest BCUT2D eigenvalue weighted by Gasteiger charge is 2.26. The highest BCUT2D eigenvalue weighted by Crippen LogP contribution is 2.27. The van der Waals surface area contributed by atoms with E-state index < -0.39 is 0 Å². The number of amidine groups is 1. The molecule has 2 unspecified atom stereocenters. The van der Waals surface area contributed by atoms with Crippen LogP contribution in [0.25, 0.3) is 0 Å². The van der Waals surface area contributed by atoms with E-state index in [0.29, 0.717) is 17.6 Å². The van der Waals surface area contributed by atoms with Crippen LogP contribution in [0.1, 0.15) is 33.6 Å². The summed E-state index contributed by atoms with van der Waals surface area (Å²) in [6.07, 6.45) is 2.59. The van der Waals surface area contributed by atoms with E-state index in [9.17, 15) is 0 Å². The average Bonchev–Trinajstić information content (AvgIpc) is 2.21. The van der Waals surface area contributed by atoms with E-state index in [4.69, 9.17) is 4.74 Å². The standard InChI is InChI=1S/C12H22N2OS/c1-9-6-10(4-5-15-9)14-11-13-7-12(2,3)8-16-11/h9-10H,4-8H2,1-3H3,(H,13,14). The minimum Gasteiger partial charge on any atom is -0.378 e. The maximum Gasteiger partial charge on any atom is 0.156 e. The number of rotatable bonds is 1. The van der Waals surface area contributed by atoms with Crippen LogP contribution in [-0.4, -0.2) is 36.2 Å². The largest absolute Gasteiger partial charge is 0.378 e. The minimum atomic E-state index is 0.360. The lowest BCUT2D eigenvalue weighted by Crippen LogP contribution is -2.42. The van der Waals surface area contributed by atoms with Crippen LogP contribution in [0.5, 0.6) is 0 Å². The number of hydrogen-bond donors (Lipinski definition) is 1. The van der Waals surface area contributed by atoms with E-state index in [0.717, 1.165) is 36.9 Å². The SMILES string of the molecule is CC1CC(NC2=NCC(C)(C)CS2)CCO1. The summed E-state index contributed by atoms with van der Waals surface area (Å²) >= 11 is 1.86. The Labute approximate surface area is 102 Å². The molecule has 0 saturated carbocycles. The van der Waals surface area contributed by atoms with Gasteiger partial charge in [-0.05, 0) is 25.2 Å². The Morgan fingerprint density at radius 2 is 2.31 bits per heavy atom. The minimum absolute atomic E-state index is 0.360. The Kier molecular flexibility index (Phi) is 3.80. The van der Waals surface area contributed by atoms with Crippen molar-refractivity contribution >= 4 is 16.9 Å². The average molecular weight is 242 g/mol. The molecule has 0 aromatic heterocycles. The molecule has 2 heterocycles. The lowest BCUT2D eigenvalue weighted by Gasteiger charge is -2.32. The molecular weight excluding hydrogens is 220 g/mol. The van der Waals surface area contributed by atoms with Crippen LogP contribution in [0.4, 0.5) is 0 Å². The first kappa shape index (κ1) is 12.2. The fourth-order valence-corrected chi connectivity index (χ4v) is 3.06. The molecule has 16 heavy (non-hydrogen) atoms. The molecule has 0 aromatic rings. The van der Waals surface area contributed by atoms with E-state index in [1.165, 1.54) is 0 Å². The Balaban J connectivity index is 1.84. The molecule has 0 aliphatic carbocycles. The molecule has 3 nitrogen and oxygen atoms in total. The molecule has 92 valence electrons. The van der Waals surface area contributed by atoms with Gasteiger partial charge in [-0.25, -0.2) is 0 Å². The van der Waals surface area contributed by atoms with Crippen molar-refractivity contribution in [1.82, 2.24) is 5.32 Å². The van der Waals surface area contributed by atoms with Crippen LogP contribution in [0.2, 0.25) is 0 Å². The van der Waals surface area contributed by atoms with E-state index in [1.807, 2.05) is 11.8 Å². The van der Waals surface area contributed by atoms with Crippen LogP contribution < -0.4 is 5.32 Å². The second kappa shape index (κ2) is 4.96. The maximum atomic E-state index is 5.54. The van der Waals surface area contributed by atoms with Gasteiger partial charge in [0.1, 0.15) is 0 Å². The third-order valence-electron chi connectivity index (χ3n) is 3.06. The third-order valence-corrected chi connectivity index (χ3v) is 4.51. The molecule has 4 heteroatoms. The molecular formula is C12H22N2OS. The zero-order valence-corrected chi connectivity index (χ0v) is 11.3. The van der Waals surface area contributed by atoms with Crippen molar-refractivity contribution in [2.24, 2.45) is 10.4 Å². The molecule has 2 rings (SSSR count). The first-order valence-corrected chi connectivity index (χ1v) is 7.09. The molecule has 2 atom stereocenters. The van der Waals surface area contributed by atoms with Gasteiger partial charge >= 0.3 is 0 Å². The quantitative estimate of drug-likeness (QED) is 0.766. The summed E-state index contributed by atoms with van der Waals surface area (Å²) in [6.45, 7) is 8.52. The molecule has 1 saturated heterocycles. The normalized spacial score (nSPS) is 34.3. The summed E-state index contributed by atoms with van der Waals surface area (Å²) in [7, 11) is 0. The Morgan fingerprint density at radius 3 is 2.94 bits per heavy atom. The van der Waals surface area contributed by atoms with Crippen molar-refractivity contribution in [3.05, 3.63) is 0 Å². The second-order valence-electron chi connectivity index (χ2n) is 5.62. The van der Waals surface area contributed by atoms with Gasteiger partial charge in [-0.2, -0.15) is 0 Å². The summed E-state index contributed by atoms with van der Waals surface area (Å²) in [6, 6.07) is 0.552. The second-order valence-corrected chi connectivity index (χ2v) is 6.59. The molecule has 1 N–H and O–H groups in total. The van der Waals surface area contributed by atoms with Gasteiger partial charge in [0.25, 0.3) is 0 Å². The van der Waals surface area contributed by atoms with Crippen molar-refractivity contribution in [2.45, 2.75) is 45.8 Å². The number of thioether (sulfide) groups is 1. The van der Waals surface area contributed by atoms with Crippen molar-refractivity contribution in [3.8, 4) is 0 Å². The first-order valence-electron chi connectivity index (χ1n) is 6.10. The van der Waals surface area contributed by atoms with Crippen LogP contribution in [0, 0.1) is 5.41 Å². The summed E-state index contributed by atoms with van der Waals surface area (Å²) < 4.78 is 5.54. The van der Waals surface area contributed by atoms with Gasteiger partial charge in [-0.3, -0.25) is 4.99 Å². The van der Waals surface area contributed by atoms with Gasteiger partial charge in [-0.15, -0.1) is 0 Å². The van der Waals surface area contributed by atoms with Gasteiger partial charge in [0.05, 0.1) is 6.10 Å². The Bertz CT molecular complexity index is 278. The third kappa shape index (κ3) is 3.39. The highest BCUT2D eigenvalue weighted by molar-refractivity contribution is 8.13. The molecule has 1 fully saturated rings. The van der Waals surface area contributed by atoms with Crippen molar-refractivity contribution in [2.75, 3.05) is 18.9 Å². The summed E-state index contributed by atoms with van der Waals surface area (Å²) in [5.41, 5.74) is 0.360. The zero-order valence-electron chi connectivity index (χ0n) is 10.5. The van der Waals surface area contributed by atoms with Crippen LogP contribution >= 0.6 is 11.8 Å².